The normalized spacial score (nSPS) is 12.4. The van der Waals surface area contributed by atoms with E-state index in [4.69, 9.17) is 0 Å². The van der Waals surface area contributed by atoms with Crippen LogP contribution in [0.15, 0.2) is 58.4 Å². The largest absolute Gasteiger partial charge is 0.348 e. The molecule has 8 heteroatoms. The van der Waals surface area contributed by atoms with Crippen LogP contribution >= 0.6 is 0 Å². The van der Waals surface area contributed by atoms with Crippen LogP contribution in [0.2, 0.25) is 0 Å². The van der Waals surface area contributed by atoms with Crippen LogP contribution in [0.1, 0.15) is 18.5 Å². The molecule has 29 heavy (non-hydrogen) atoms. The van der Waals surface area contributed by atoms with Gasteiger partial charge in [-0.25, -0.2) is 14.3 Å². The fourth-order valence-electron chi connectivity index (χ4n) is 3.53. The molecule has 148 valence electrons. The lowest BCUT2D eigenvalue weighted by atomic mass is 10.0. The zero-order valence-corrected chi connectivity index (χ0v) is 16.4. The highest BCUT2D eigenvalue weighted by molar-refractivity contribution is 5.83. The Balaban J connectivity index is 1.60. The minimum absolute atomic E-state index is 0.271. The average molecular weight is 391 g/mol. The van der Waals surface area contributed by atoms with Crippen LogP contribution in [-0.4, -0.2) is 24.6 Å². The number of hydrogen-bond donors (Lipinski definition) is 1. The van der Waals surface area contributed by atoms with Crippen LogP contribution in [0.3, 0.4) is 0 Å². The number of nitrogens with zero attached hydrogens (tertiary/aromatic N) is 4. The van der Waals surface area contributed by atoms with Crippen molar-refractivity contribution in [2.45, 2.75) is 19.5 Å². The second kappa shape index (κ2) is 7.05. The van der Waals surface area contributed by atoms with Gasteiger partial charge in [0.05, 0.1) is 12.4 Å². The predicted molar refractivity (Wildman–Crippen MR) is 111 cm³/mol. The van der Waals surface area contributed by atoms with Crippen molar-refractivity contribution in [2.75, 3.05) is 0 Å². The molecule has 4 aromatic rings. The lowest BCUT2D eigenvalue weighted by molar-refractivity contribution is -0.122. The lowest BCUT2D eigenvalue weighted by Gasteiger charge is -2.16. The molecule has 1 atom stereocenters. The Morgan fingerprint density at radius 3 is 2.59 bits per heavy atom. The molecule has 0 fully saturated rings. The molecule has 8 nitrogen and oxygen atoms in total. The molecule has 4 rings (SSSR count). The van der Waals surface area contributed by atoms with Gasteiger partial charge in [-0.3, -0.25) is 14.2 Å². The molecule has 0 aliphatic carbocycles. The number of amides is 1. The van der Waals surface area contributed by atoms with Gasteiger partial charge in [-0.15, -0.1) is 0 Å². The molecule has 2 heterocycles. The third kappa shape index (κ3) is 3.22. The number of fused-ring (bicyclic) bond motifs is 2. The second-order valence-electron chi connectivity index (χ2n) is 7.16. The number of carbonyl (C=O) groups excluding carboxylic acids is 1. The van der Waals surface area contributed by atoms with Crippen molar-refractivity contribution < 1.29 is 4.79 Å². The van der Waals surface area contributed by atoms with Gasteiger partial charge >= 0.3 is 5.69 Å². The maximum Gasteiger partial charge on any atom is 0.332 e. The highest BCUT2D eigenvalue weighted by Crippen LogP contribution is 2.20. The summed E-state index contributed by atoms with van der Waals surface area (Å²) in [6, 6.07) is 13.7. The second-order valence-corrected chi connectivity index (χ2v) is 7.16. The van der Waals surface area contributed by atoms with Crippen LogP contribution in [0.25, 0.3) is 21.9 Å². The van der Waals surface area contributed by atoms with Crippen molar-refractivity contribution in [1.82, 2.24) is 24.0 Å². The number of nitrogens with one attached hydrogen (secondary N) is 1. The van der Waals surface area contributed by atoms with E-state index in [1.165, 1.54) is 17.9 Å². The van der Waals surface area contributed by atoms with E-state index in [1.807, 2.05) is 49.4 Å². The van der Waals surface area contributed by atoms with E-state index >= 15 is 0 Å². The molecule has 1 unspecified atom stereocenters. The number of carbonyl (C=O) groups is 1. The van der Waals surface area contributed by atoms with Gasteiger partial charge in [0.2, 0.25) is 5.91 Å². The minimum Gasteiger partial charge on any atom is -0.348 e. The fourth-order valence-corrected chi connectivity index (χ4v) is 3.53. The summed E-state index contributed by atoms with van der Waals surface area (Å²) in [5.41, 5.74) is 0.414. The number of rotatable bonds is 4. The Kier molecular flexibility index (Phi) is 4.54. The summed E-state index contributed by atoms with van der Waals surface area (Å²) in [6.45, 7) is 1.51. The first kappa shape index (κ1) is 18.7. The van der Waals surface area contributed by atoms with Gasteiger partial charge in [0.1, 0.15) is 6.54 Å². The molecule has 1 N–H and O–H groups in total. The summed E-state index contributed by atoms with van der Waals surface area (Å²) in [7, 11) is 3.20. The summed E-state index contributed by atoms with van der Waals surface area (Å²) in [6.07, 6.45) is 1.47. The van der Waals surface area contributed by atoms with Crippen molar-refractivity contribution in [3.63, 3.8) is 0 Å². The first-order chi connectivity index (χ1) is 13.9. The quantitative estimate of drug-likeness (QED) is 0.570. The van der Waals surface area contributed by atoms with Gasteiger partial charge < -0.3 is 9.88 Å². The smallest absolute Gasteiger partial charge is 0.332 e. The molecule has 0 radical (unpaired) electrons. The van der Waals surface area contributed by atoms with Crippen LogP contribution < -0.4 is 16.6 Å². The standard InChI is InChI=1S/C21H21N5O3/c1-13(15-9-8-14-6-4-5-7-16(14)10-15)23-17(27)11-26-20(28)18-19(22-12-24(18)2)25(3)21(26)29/h4-10,12-13H,11H2,1-3H3,(H,23,27). The van der Waals surface area contributed by atoms with E-state index in [0.29, 0.717) is 5.65 Å². The molecule has 1 amide bonds. The maximum absolute atomic E-state index is 12.7. The van der Waals surface area contributed by atoms with Crippen molar-refractivity contribution in [3.05, 3.63) is 75.2 Å². The van der Waals surface area contributed by atoms with Crippen molar-refractivity contribution in [2.24, 2.45) is 14.1 Å². The lowest BCUT2D eigenvalue weighted by Crippen LogP contribution is -2.43. The van der Waals surface area contributed by atoms with Crippen molar-refractivity contribution in [3.8, 4) is 0 Å². The van der Waals surface area contributed by atoms with Crippen LogP contribution in [0.4, 0.5) is 0 Å². The zero-order valence-electron chi connectivity index (χ0n) is 16.4. The fraction of sp³-hybridized carbons (Fsp3) is 0.238. The van der Waals surface area contributed by atoms with Crippen LogP contribution in [0.5, 0.6) is 0 Å². The molecule has 2 aromatic carbocycles. The average Bonchev–Trinajstić information content (AvgIpc) is 3.11. The zero-order chi connectivity index (χ0) is 20.7. The first-order valence-electron chi connectivity index (χ1n) is 9.25. The summed E-state index contributed by atoms with van der Waals surface area (Å²) in [5, 5.41) is 5.07. The topological polar surface area (TPSA) is 90.9 Å². The van der Waals surface area contributed by atoms with Crippen molar-refractivity contribution >= 4 is 27.8 Å². The highest BCUT2D eigenvalue weighted by atomic mass is 16.2. The minimum atomic E-state index is -0.574. The van der Waals surface area contributed by atoms with Gasteiger partial charge in [0.15, 0.2) is 11.2 Å². The van der Waals surface area contributed by atoms with E-state index in [1.54, 1.807) is 11.6 Å². The Bertz CT molecular complexity index is 1360. The highest BCUT2D eigenvalue weighted by Gasteiger charge is 2.18. The molecule has 0 aliphatic rings. The molecule has 0 spiro atoms. The molecular formula is C21H21N5O3. The third-order valence-corrected chi connectivity index (χ3v) is 5.15. The summed E-state index contributed by atoms with van der Waals surface area (Å²) in [4.78, 5) is 42.0. The summed E-state index contributed by atoms with van der Waals surface area (Å²) >= 11 is 0. The Hall–Kier alpha value is -3.68. The predicted octanol–water partition coefficient (Wildman–Crippen LogP) is 1.46. The van der Waals surface area contributed by atoms with E-state index in [2.05, 4.69) is 10.3 Å². The van der Waals surface area contributed by atoms with E-state index in [9.17, 15) is 14.4 Å². The van der Waals surface area contributed by atoms with Gasteiger partial charge in [-0.05, 0) is 29.3 Å². The number of imidazole rings is 1. The summed E-state index contributed by atoms with van der Waals surface area (Å²) in [5.74, 6) is -0.411. The molecule has 0 aliphatic heterocycles. The number of aromatic nitrogens is 4. The summed E-state index contributed by atoms with van der Waals surface area (Å²) < 4.78 is 3.76. The van der Waals surface area contributed by atoms with E-state index < -0.39 is 17.2 Å². The number of hydrogen-bond acceptors (Lipinski definition) is 4. The SMILES string of the molecule is CC(NC(=O)Cn1c(=O)c2c(ncn2C)n(C)c1=O)c1ccc2ccccc2c1. The molecule has 2 aromatic heterocycles. The van der Waals surface area contributed by atoms with E-state index in [-0.39, 0.29) is 18.1 Å². The molecule has 0 bridgehead atoms. The molecule has 0 saturated carbocycles. The van der Waals surface area contributed by atoms with Crippen molar-refractivity contribution in [1.29, 1.82) is 0 Å². The Labute approximate surface area is 166 Å². The van der Waals surface area contributed by atoms with E-state index in [0.717, 1.165) is 20.9 Å². The Morgan fingerprint density at radius 1 is 1.10 bits per heavy atom. The maximum atomic E-state index is 12.7. The van der Waals surface area contributed by atoms with Gasteiger partial charge in [-0.1, -0.05) is 36.4 Å². The third-order valence-electron chi connectivity index (χ3n) is 5.15. The van der Waals surface area contributed by atoms with Crippen LogP contribution in [0, 0.1) is 0 Å². The van der Waals surface area contributed by atoms with Gasteiger partial charge in [0, 0.05) is 14.1 Å². The number of benzene rings is 2. The van der Waals surface area contributed by atoms with Gasteiger partial charge in [-0.2, -0.15) is 0 Å². The van der Waals surface area contributed by atoms with Crippen LogP contribution in [-0.2, 0) is 25.4 Å². The Morgan fingerprint density at radius 2 is 1.83 bits per heavy atom. The van der Waals surface area contributed by atoms with Gasteiger partial charge in [0.25, 0.3) is 5.56 Å². The first-order valence-corrected chi connectivity index (χ1v) is 9.25. The molecule has 0 saturated heterocycles. The molecular weight excluding hydrogens is 370 g/mol. The number of aryl methyl sites for hydroxylation is 2. The monoisotopic (exact) mass is 391 g/mol.